The fraction of sp³-hybridized carbons (Fsp3) is 0.417. The van der Waals surface area contributed by atoms with Crippen LogP contribution in [0.2, 0.25) is 0 Å². The molecule has 0 bridgehead atoms. The van der Waals surface area contributed by atoms with Crippen molar-refractivity contribution in [3.63, 3.8) is 0 Å². The fourth-order valence-electron chi connectivity index (χ4n) is 1.56. The summed E-state index contributed by atoms with van der Waals surface area (Å²) in [5, 5.41) is 2.43. The van der Waals surface area contributed by atoms with Crippen LogP contribution < -0.4 is 15.8 Å². The van der Waals surface area contributed by atoms with E-state index in [0.29, 0.717) is 5.56 Å². The first-order valence-electron chi connectivity index (χ1n) is 5.90. The summed E-state index contributed by atoms with van der Waals surface area (Å²) in [4.78, 5) is 11.2. The lowest BCUT2D eigenvalue weighted by molar-refractivity contribution is -0.120. The Balaban J connectivity index is 2.85. The molecule has 106 valence electrons. The van der Waals surface area contributed by atoms with Crippen LogP contribution in [0, 0.1) is 6.92 Å². The molecule has 1 amide bonds. The van der Waals surface area contributed by atoms with Crippen molar-refractivity contribution in [1.82, 2.24) is 10.0 Å². The highest BCUT2D eigenvalue weighted by atomic mass is 32.2. The van der Waals surface area contributed by atoms with Crippen LogP contribution >= 0.6 is 0 Å². The lowest BCUT2D eigenvalue weighted by Crippen LogP contribution is -2.29. The van der Waals surface area contributed by atoms with Crippen molar-refractivity contribution in [2.75, 3.05) is 13.6 Å². The zero-order valence-electron chi connectivity index (χ0n) is 11.1. The van der Waals surface area contributed by atoms with Gasteiger partial charge in [0.25, 0.3) is 0 Å². The Morgan fingerprint density at radius 3 is 2.63 bits per heavy atom. The van der Waals surface area contributed by atoms with Crippen LogP contribution in [0.15, 0.2) is 23.1 Å². The molecular formula is C12H19N3O3S. The molecule has 1 rings (SSSR count). The van der Waals surface area contributed by atoms with Crippen LogP contribution in [-0.4, -0.2) is 27.9 Å². The Kier molecular flexibility index (Phi) is 5.46. The van der Waals surface area contributed by atoms with Crippen LogP contribution in [0.25, 0.3) is 0 Å². The standard InChI is InChI=1S/C12H19N3O3S/c1-9-3-4-10(8-13)7-11(9)19(17,18)15-6-5-12(16)14-2/h3-4,7,15H,5-6,8,13H2,1-2H3,(H,14,16). The topological polar surface area (TPSA) is 101 Å². The SMILES string of the molecule is CNC(=O)CCNS(=O)(=O)c1cc(CN)ccc1C. The number of sulfonamides is 1. The number of rotatable bonds is 6. The summed E-state index contributed by atoms with van der Waals surface area (Å²) in [5.74, 6) is -0.213. The second-order valence-electron chi connectivity index (χ2n) is 4.12. The molecule has 19 heavy (non-hydrogen) atoms. The van der Waals surface area contributed by atoms with Gasteiger partial charge in [-0.05, 0) is 24.1 Å². The molecule has 4 N–H and O–H groups in total. The van der Waals surface area contributed by atoms with Gasteiger partial charge in [-0.3, -0.25) is 4.79 Å². The van der Waals surface area contributed by atoms with E-state index in [1.54, 1.807) is 25.1 Å². The van der Waals surface area contributed by atoms with Crippen LogP contribution in [0.5, 0.6) is 0 Å². The van der Waals surface area contributed by atoms with Gasteiger partial charge in [-0.1, -0.05) is 12.1 Å². The minimum atomic E-state index is -3.61. The number of hydrogen-bond donors (Lipinski definition) is 3. The third kappa shape index (κ3) is 4.30. The number of nitrogens with two attached hydrogens (primary N) is 1. The number of amides is 1. The molecule has 0 heterocycles. The molecule has 0 aromatic heterocycles. The zero-order chi connectivity index (χ0) is 14.5. The Morgan fingerprint density at radius 1 is 1.37 bits per heavy atom. The van der Waals surface area contributed by atoms with E-state index in [1.807, 2.05) is 0 Å². The summed E-state index contributed by atoms with van der Waals surface area (Å²) in [5.41, 5.74) is 6.89. The Morgan fingerprint density at radius 2 is 2.05 bits per heavy atom. The summed E-state index contributed by atoms with van der Waals surface area (Å²) in [7, 11) is -2.11. The van der Waals surface area contributed by atoms with Crippen LogP contribution in [0.1, 0.15) is 17.5 Å². The minimum Gasteiger partial charge on any atom is -0.359 e. The molecule has 0 atom stereocenters. The van der Waals surface area contributed by atoms with Gasteiger partial charge in [0, 0.05) is 26.6 Å². The largest absolute Gasteiger partial charge is 0.359 e. The molecule has 0 aliphatic rings. The monoisotopic (exact) mass is 285 g/mol. The van der Waals surface area contributed by atoms with Gasteiger partial charge in [0.2, 0.25) is 15.9 Å². The molecule has 0 saturated heterocycles. The van der Waals surface area contributed by atoms with E-state index in [4.69, 9.17) is 5.73 Å². The van der Waals surface area contributed by atoms with E-state index in [1.165, 1.54) is 7.05 Å². The predicted molar refractivity (Wildman–Crippen MR) is 72.9 cm³/mol. The van der Waals surface area contributed by atoms with Gasteiger partial charge in [0.05, 0.1) is 4.90 Å². The van der Waals surface area contributed by atoms with Gasteiger partial charge in [-0.25, -0.2) is 13.1 Å². The van der Waals surface area contributed by atoms with E-state index in [2.05, 4.69) is 10.0 Å². The van der Waals surface area contributed by atoms with E-state index < -0.39 is 10.0 Å². The maximum absolute atomic E-state index is 12.1. The van der Waals surface area contributed by atoms with Crippen molar-refractivity contribution in [3.8, 4) is 0 Å². The molecule has 0 aliphatic carbocycles. The number of carbonyl (C=O) groups excluding carboxylic acids is 1. The van der Waals surface area contributed by atoms with Gasteiger partial charge >= 0.3 is 0 Å². The fourth-order valence-corrected chi connectivity index (χ4v) is 2.89. The molecule has 6 nitrogen and oxygen atoms in total. The summed E-state index contributed by atoms with van der Waals surface area (Å²) >= 11 is 0. The summed E-state index contributed by atoms with van der Waals surface area (Å²) in [6.07, 6.45) is 0.103. The molecular weight excluding hydrogens is 266 g/mol. The van der Waals surface area contributed by atoms with Gasteiger partial charge in [-0.15, -0.1) is 0 Å². The van der Waals surface area contributed by atoms with Crippen LogP contribution in [0.4, 0.5) is 0 Å². The Labute approximate surface area is 113 Å². The van der Waals surface area contributed by atoms with E-state index in [0.717, 1.165) is 5.56 Å². The molecule has 1 aromatic carbocycles. The highest BCUT2D eigenvalue weighted by Crippen LogP contribution is 2.16. The first-order chi connectivity index (χ1) is 8.90. The summed E-state index contributed by atoms with van der Waals surface area (Å²) < 4.78 is 26.6. The predicted octanol–water partition coefficient (Wildman–Crippen LogP) is -0.132. The number of carbonyl (C=O) groups is 1. The lowest BCUT2D eigenvalue weighted by Gasteiger charge is -2.10. The molecule has 0 aliphatic heterocycles. The summed E-state index contributed by atoms with van der Waals surface area (Å²) in [6.45, 7) is 2.06. The van der Waals surface area contributed by atoms with E-state index in [9.17, 15) is 13.2 Å². The molecule has 0 fully saturated rings. The quantitative estimate of drug-likeness (QED) is 0.677. The molecule has 0 spiro atoms. The second-order valence-corrected chi connectivity index (χ2v) is 5.86. The first kappa shape index (κ1) is 15.6. The molecule has 0 unspecified atom stereocenters. The van der Waals surface area contributed by atoms with Crippen molar-refractivity contribution >= 4 is 15.9 Å². The van der Waals surface area contributed by atoms with Crippen molar-refractivity contribution in [3.05, 3.63) is 29.3 Å². The smallest absolute Gasteiger partial charge is 0.240 e. The summed E-state index contributed by atoms with van der Waals surface area (Å²) in [6, 6.07) is 5.06. The zero-order valence-corrected chi connectivity index (χ0v) is 11.9. The van der Waals surface area contributed by atoms with Crippen molar-refractivity contribution < 1.29 is 13.2 Å². The number of benzene rings is 1. The number of hydrogen-bond acceptors (Lipinski definition) is 4. The Hall–Kier alpha value is -1.44. The van der Waals surface area contributed by atoms with Gasteiger partial charge in [0.15, 0.2) is 0 Å². The van der Waals surface area contributed by atoms with Crippen LogP contribution in [-0.2, 0) is 21.4 Å². The van der Waals surface area contributed by atoms with Gasteiger partial charge in [-0.2, -0.15) is 0 Å². The van der Waals surface area contributed by atoms with E-state index in [-0.39, 0.29) is 30.3 Å². The minimum absolute atomic E-state index is 0.0638. The van der Waals surface area contributed by atoms with E-state index >= 15 is 0 Å². The normalized spacial score (nSPS) is 11.3. The molecule has 0 saturated carbocycles. The average Bonchev–Trinajstić information content (AvgIpc) is 2.38. The molecule has 7 heteroatoms. The lowest BCUT2D eigenvalue weighted by atomic mass is 10.1. The Bertz CT molecular complexity index is 555. The maximum Gasteiger partial charge on any atom is 0.240 e. The van der Waals surface area contributed by atoms with Crippen molar-refractivity contribution in [1.29, 1.82) is 0 Å². The third-order valence-electron chi connectivity index (χ3n) is 2.70. The first-order valence-corrected chi connectivity index (χ1v) is 7.39. The number of aryl methyl sites for hydroxylation is 1. The molecule has 0 radical (unpaired) electrons. The highest BCUT2D eigenvalue weighted by Gasteiger charge is 2.17. The van der Waals surface area contributed by atoms with Gasteiger partial charge in [0.1, 0.15) is 0 Å². The average molecular weight is 285 g/mol. The van der Waals surface area contributed by atoms with Crippen LogP contribution in [0.3, 0.4) is 0 Å². The van der Waals surface area contributed by atoms with Crippen molar-refractivity contribution in [2.45, 2.75) is 24.8 Å². The maximum atomic E-state index is 12.1. The highest BCUT2D eigenvalue weighted by molar-refractivity contribution is 7.89. The second kappa shape index (κ2) is 6.65. The van der Waals surface area contributed by atoms with Crippen molar-refractivity contribution in [2.24, 2.45) is 5.73 Å². The molecule has 1 aromatic rings. The van der Waals surface area contributed by atoms with Gasteiger partial charge < -0.3 is 11.1 Å². The number of nitrogens with one attached hydrogen (secondary N) is 2. The third-order valence-corrected chi connectivity index (χ3v) is 4.30.